The van der Waals surface area contributed by atoms with Crippen LogP contribution in [0.25, 0.3) is 0 Å². The fourth-order valence-electron chi connectivity index (χ4n) is 2.16. The van der Waals surface area contributed by atoms with Crippen LogP contribution in [0.1, 0.15) is 25.6 Å². The van der Waals surface area contributed by atoms with Gasteiger partial charge < -0.3 is 20.0 Å². The number of anilines is 1. The van der Waals surface area contributed by atoms with Gasteiger partial charge in [-0.3, -0.25) is 4.79 Å². The highest BCUT2D eigenvalue weighted by Crippen LogP contribution is 2.19. The lowest BCUT2D eigenvalue weighted by Gasteiger charge is -2.26. The average Bonchev–Trinajstić information content (AvgIpc) is 3.07. The lowest BCUT2D eigenvalue weighted by Crippen LogP contribution is -2.47. The molecule has 2 unspecified atom stereocenters. The van der Waals surface area contributed by atoms with Crippen LogP contribution in [0.5, 0.6) is 0 Å². The van der Waals surface area contributed by atoms with Crippen molar-refractivity contribution in [2.24, 2.45) is 0 Å². The van der Waals surface area contributed by atoms with Gasteiger partial charge in [-0.05, 0) is 38.1 Å². The van der Waals surface area contributed by atoms with E-state index in [1.807, 2.05) is 31.2 Å². The molecule has 6 nitrogen and oxygen atoms in total. The van der Waals surface area contributed by atoms with Gasteiger partial charge >= 0.3 is 6.03 Å². The summed E-state index contributed by atoms with van der Waals surface area (Å²) in [5, 5.41) is 5.32. The standard InChI is InChI=1S/C17H21N3O3/c1-12(18-17(22)19-14-8-5-4-6-9-14)16(21)20(3)13(2)15-10-7-11-23-15/h4-13H,1-3H3,(H2,18,19,22). The Kier molecular flexibility index (Phi) is 5.41. The molecule has 122 valence electrons. The molecule has 2 atom stereocenters. The van der Waals surface area contributed by atoms with Crippen LogP contribution in [-0.4, -0.2) is 29.9 Å². The van der Waals surface area contributed by atoms with E-state index < -0.39 is 12.1 Å². The van der Waals surface area contributed by atoms with E-state index in [1.165, 1.54) is 0 Å². The lowest BCUT2D eigenvalue weighted by atomic mass is 10.2. The molecule has 0 fully saturated rings. The Morgan fingerprint density at radius 1 is 1.09 bits per heavy atom. The molecule has 2 rings (SSSR count). The van der Waals surface area contributed by atoms with Crippen LogP contribution in [0, 0.1) is 0 Å². The molecule has 1 heterocycles. The topological polar surface area (TPSA) is 74.6 Å². The van der Waals surface area contributed by atoms with Crippen LogP contribution in [0.4, 0.5) is 10.5 Å². The second kappa shape index (κ2) is 7.49. The minimum atomic E-state index is -0.652. The van der Waals surface area contributed by atoms with E-state index in [-0.39, 0.29) is 11.9 Å². The van der Waals surface area contributed by atoms with Crippen molar-refractivity contribution in [2.45, 2.75) is 25.9 Å². The van der Waals surface area contributed by atoms with E-state index in [0.717, 1.165) is 0 Å². The number of para-hydroxylation sites is 1. The van der Waals surface area contributed by atoms with E-state index in [4.69, 9.17) is 4.42 Å². The number of rotatable bonds is 5. The van der Waals surface area contributed by atoms with Gasteiger partial charge in [0.25, 0.3) is 0 Å². The highest BCUT2D eigenvalue weighted by Gasteiger charge is 2.25. The minimum Gasteiger partial charge on any atom is -0.467 e. The van der Waals surface area contributed by atoms with Crippen LogP contribution in [-0.2, 0) is 4.79 Å². The summed E-state index contributed by atoms with van der Waals surface area (Å²) in [7, 11) is 1.68. The first-order valence-electron chi connectivity index (χ1n) is 7.41. The summed E-state index contributed by atoms with van der Waals surface area (Å²) >= 11 is 0. The molecule has 0 saturated carbocycles. The average molecular weight is 315 g/mol. The molecule has 1 aromatic heterocycles. The predicted octanol–water partition coefficient (Wildman–Crippen LogP) is 3.01. The van der Waals surface area contributed by atoms with E-state index in [0.29, 0.717) is 11.4 Å². The molecule has 23 heavy (non-hydrogen) atoms. The third-order valence-electron chi connectivity index (χ3n) is 3.63. The first-order chi connectivity index (χ1) is 11.0. The highest BCUT2D eigenvalue weighted by atomic mass is 16.3. The molecule has 1 aromatic carbocycles. The van der Waals surface area contributed by atoms with Crippen molar-refractivity contribution in [2.75, 3.05) is 12.4 Å². The predicted molar refractivity (Wildman–Crippen MR) is 88.0 cm³/mol. The second-order valence-electron chi connectivity index (χ2n) is 5.33. The van der Waals surface area contributed by atoms with Gasteiger partial charge in [-0.2, -0.15) is 0 Å². The number of amides is 3. The second-order valence-corrected chi connectivity index (χ2v) is 5.33. The highest BCUT2D eigenvalue weighted by molar-refractivity contribution is 5.93. The van der Waals surface area contributed by atoms with Gasteiger partial charge in [0.1, 0.15) is 11.8 Å². The van der Waals surface area contributed by atoms with Gasteiger partial charge in [-0.25, -0.2) is 4.79 Å². The van der Waals surface area contributed by atoms with Gasteiger partial charge in [0.15, 0.2) is 0 Å². The molecule has 0 aliphatic rings. The molecule has 0 saturated heterocycles. The molecule has 0 aliphatic carbocycles. The van der Waals surface area contributed by atoms with Crippen LogP contribution >= 0.6 is 0 Å². The minimum absolute atomic E-state index is 0.197. The van der Waals surface area contributed by atoms with E-state index in [9.17, 15) is 9.59 Å². The Morgan fingerprint density at radius 3 is 2.39 bits per heavy atom. The third kappa shape index (κ3) is 4.35. The summed E-state index contributed by atoms with van der Waals surface area (Å²) in [6, 6.07) is 11.4. The number of urea groups is 1. The van der Waals surface area contributed by atoms with E-state index in [2.05, 4.69) is 10.6 Å². The van der Waals surface area contributed by atoms with Gasteiger partial charge in [0, 0.05) is 12.7 Å². The van der Waals surface area contributed by atoms with Crippen LogP contribution in [0.3, 0.4) is 0 Å². The first-order valence-corrected chi connectivity index (χ1v) is 7.41. The Hall–Kier alpha value is -2.76. The zero-order chi connectivity index (χ0) is 16.8. The van der Waals surface area contributed by atoms with Crippen molar-refractivity contribution in [3.05, 3.63) is 54.5 Å². The van der Waals surface area contributed by atoms with Crippen molar-refractivity contribution >= 4 is 17.6 Å². The molecule has 0 radical (unpaired) electrons. The van der Waals surface area contributed by atoms with Gasteiger partial charge in [0.05, 0.1) is 12.3 Å². The Morgan fingerprint density at radius 2 is 1.78 bits per heavy atom. The van der Waals surface area contributed by atoms with Gasteiger partial charge in [0.2, 0.25) is 5.91 Å². The molecular formula is C17H21N3O3. The quantitative estimate of drug-likeness (QED) is 0.890. The fraction of sp³-hybridized carbons (Fsp3) is 0.294. The number of likely N-dealkylation sites (N-methyl/N-ethyl adjacent to an activating group) is 1. The molecular weight excluding hydrogens is 294 g/mol. The third-order valence-corrected chi connectivity index (χ3v) is 3.63. The van der Waals surface area contributed by atoms with Crippen molar-refractivity contribution in [1.82, 2.24) is 10.2 Å². The van der Waals surface area contributed by atoms with Gasteiger partial charge in [-0.1, -0.05) is 18.2 Å². The molecule has 0 aliphatic heterocycles. The largest absolute Gasteiger partial charge is 0.467 e. The molecule has 0 bridgehead atoms. The Labute approximate surface area is 135 Å². The van der Waals surface area contributed by atoms with Crippen molar-refractivity contribution in [1.29, 1.82) is 0 Å². The van der Waals surface area contributed by atoms with Crippen molar-refractivity contribution in [3.8, 4) is 0 Å². The number of hydrogen-bond donors (Lipinski definition) is 2. The zero-order valence-electron chi connectivity index (χ0n) is 13.4. The number of hydrogen-bond acceptors (Lipinski definition) is 3. The maximum absolute atomic E-state index is 12.4. The molecule has 3 amide bonds. The van der Waals surface area contributed by atoms with Crippen LogP contribution in [0.2, 0.25) is 0 Å². The van der Waals surface area contributed by atoms with E-state index in [1.54, 1.807) is 43.3 Å². The number of nitrogens with zero attached hydrogens (tertiary/aromatic N) is 1. The SMILES string of the molecule is CC(NC(=O)Nc1ccccc1)C(=O)N(C)C(C)c1ccco1. The molecule has 2 N–H and O–H groups in total. The van der Waals surface area contributed by atoms with Crippen LogP contribution < -0.4 is 10.6 Å². The van der Waals surface area contributed by atoms with Crippen molar-refractivity contribution in [3.63, 3.8) is 0 Å². The summed E-state index contributed by atoms with van der Waals surface area (Å²) < 4.78 is 5.31. The van der Waals surface area contributed by atoms with Gasteiger partial charge in [-0.15, -0.1) is 0 Å². The van der Waals surface area contributed by atoms with Crippen molar-refractivity contribution < 1.29 is 14.0 Å². The Balaban J connectivity index is 1.90. The molecule has 2 aromatic rings. The monoisotopic (exact) mass is 315 g/mol. The summed E-state index contributed by atoms with van der Waals surface area (Å²) in [5.74, 6) is 0.499. The van der Waals surface area contributed by atoms with E-state index >= 15 is 0 Å². The Bertz CT molecular complexity index is 640. The molecule has 6 heteroatoms. The first kappa shape index (κ1) is 16.6. The maximum Gasteiger partial charge on any atom is 0.319 e. The summed E-state index contributed by atoms with van der Waals surface area (Å²) in [6.45, 7) is 3.52. The summed E-state index contributed by atoms with van der Waals surface area (Å²) in [4.78, 5) is 25.9. The zero-order valence-corrected chi connectivity index (χ0v) is 13.4. The fourth-order valence-corrected chi connectivity index (χ4v) is 2.16. The number of nitrogens with one attached hydrogen (secondary N) is 2. The molecule has 0 spiro atoms. The maximum atomic E-state index is 12.4. The lowest BCUT2D eigenvalue weighted by molar-refractivity contribution is -0.133. The smallest absolute Gasteiger partial charge is 0.319 e. The summed E-state index contributed by atoms with van der Waals surface area (Å²) in [6.07, 6.45) is 1.57. The van der Waals surface area contributed by atoms with Crippen LogP contribution in [0.15, 0.2) is 53.1 Å². The number of carbonyl (C=O) groups excluding carboxylic acids is 2. The number of carbonyl (C=O) groups is 2. The summed E-state index contributed by atoms with van der Waals surface area (Å²) in [5.41, 5.74) is 0.668. The normalized spacial score (nSPS) is 13.0. The number of furan rings is 1. The number of benzene rings is 1.